The molecule has 0 aromatic heterocycles. The van der Waals surface area contributed by atoms with Crippen LogP contribution in [0.5, 0.6) is 0 Å². The molecule has 2 atom stereocenters. The maximum absolute atomic E-state index is 12.9. The van der Waals surface area contributed by atoms with Crippen molar-refractivity contribution in [2.75, 3.05) is 13.1 Å². The van der Waals surface area contributed by atoms with Gasteiger partial charge in [0, 0.05) is 24.5 Å². The van der Waals surface area contributed by atoms with E-state index in [1.807, 2.05) is 30.0 Å². The molecule has 1 amide bonds. The first kappa shape index (κ1) is 19.0. The molecular formula is C18H29ClN2O. The molecule has 1 aromatic carbocycles. The maximum Gasteiger partial charge on any atom is 0.228 e. The summed E-state index contributed by atoms with van der Waals surface area (Å²) in [6, 6.07) is 10.4. The third-order valence-electron chi connectivity index (χ3n) is 4.56. The molecule has 1 saturated heterocycles. The van der Waals surface area contributed by atoms with E-state index in [1.165, 1.54) is 5.56 Å². The molecule has 124 valence electrons. The first-order valence-corrected chi connectivity index (χ1v) is 7.99. The lowest BCUT2D eigenvalue weighted by Gasteiger charge is -2.39. The Hall–Kier alpha value is -1.06. The lowest BCUT2D eigenvalue weighted by molar-refractivity contribution is -0.142. The molecule has 1 heterocycles. The van der Waals surface area contributed by atoms with Crippen LogP contribution in [-0.4, -0.2) is 29.9 Å². The molecular weight excluding hydrogens is 296 g/mol. The number of carbonyl (C=O) groups excluding carboxylic acids is 1. The predicted molar refractivity (Wildman–Crippen MR) is 94.1 cm³/mol. The van der Waals surface area contributed by atoms with Gasteiger partial charge in [-0.3, -0.25) is 4.79 Å². The van der Waals surface area contributed by atoms with Crippen LogP contribution in [0.1, 0.15) is 39.2 Å². The van der Waals surface area contributed by atoms with E-state index in [9.17, 15) is 4.79 Å². The molecule has 0 bridgehead atoms. The Morgan fingerprint density at radius 3 is 2.59 bits per heavy atom. The summed E-state index contributed by atoms with van der Waals surface area (Å²) in [5.41, 5.74) is 6.88. The van der Waals surface area contributed by atoms with E-state index in [4.69, 9.17) is 5.73 Å². The summed E-state index contributed by atoms with van der Waals surface area (Å²) in [7, 11) is 0. The minimum atomic E-state index is -0.360. The van der Waals surface area contributed by atoms with Crippen LogP contribution in [0.3, 0.4) is 0 Å². The van der Waals surface area contributed by atoms with Gasteiger partial charge in [0.2, 0.25) is 5.91 Å². The van der Waals surface area contributed by atoms with Crippen molar-refractivity contribution in [1.82, 2.24) is 4.90 Å². The van der Waals surface area contributed by atoms with Gasteiger partial charge in [0.25, 0.3) is 0 Å². The summed E-state index contributed by atoms with van der Waals surface area (Å²) < 4.78 is 0. The van der Waals surface area contributed by atoms with Gasteiger partial charge < -0.3 is 10.6 Å². The van der Waals surface area contributed by atoms with E-state index < -0.39 is 0 Å². The van der Waals surface area contributed by atoms with Crippen molar-refractivity contribution in [1.29, 1.82) is 0 Å². The quantitative estimate of drug-likeness (QED) is 0.924. The molecule has 0 spiro atoms. The normalized spacial score (nSPS) is 20.2. The number of rotatable bonds is 4. The summed E-state index contributed by atoms with van der Waals surface area (Å²) in [5.74, 6) is 0.701. The number of nitrogens with two attached hydrogens (primary N) is 1. The Morgan fingerprint density at radius 1 is 1.36 bits per heavy atom. The zero-order valence-corrected chi connectivity index (χ0v) is 14.7. The number of amides is 1. The Labute approximate surface area is 140 Å². The molecule has 0 aliphatic carbocycles. The number of nitrogens with zero attached hydrogens (tertiary/aromatic N) is 1. The van der Waals surface area contributed by atoms with E-state index >= 15 is 0 Å². The molecule has 2 N–H and O–H groups in total. The number of hydrogen-bond acceptors (Lipinski definition) is 2. The van der Waals surface area contributed by atoms with Gasteiger partial charge in [-0.2, -0.15) is 0 Å². The van der Waals surface area contributed by atoms with E-state index in [1.54, 1.807) is 0 Å². The number of carbonyl (C=O) groups is 1. The van der Waals surface area contributed by atoms with Crippen molar-refractivity contribution in [3.8, 4) is 0 Å². The number of hydrogen-bond donors (Lipinski definition) is 1. The van der Waals surface area contributed by atoms with Crippen LogP contribution >= 0.6 is 12.4 Å². The van der Waals surface area contributed by atoms with Crippen LogP contribution in [0.15, 0.2) is 30.3 Å². The Bertz CT molecular complexity index is 473. The van der Waals surface area contributed by atoms with Crippen molar-refractivity contribution < 1.29 is 4.79 Å². The second-order valence-electron chi connectivity index (χ2n) is 7.06. The van der Waals surface area contributed by atoms with Crippen LogP contribution in [0, 0.1) is 11.3 Å². The average molecular weight is 325 g/mol. The summed E-state index contributed by atoms with van der Waals surface area (Å²) >= 11 is 0. The highest BCUT2D eigenvalue weighted by Gasteiger charge is 2.35. The van der Waals surface area contributed by atoms with Crippen molar-refractivity contribution in [2.45, 2.75) is 46.1 Å². The van der Waals surface area contributed by atoms with E-state index in [0.29, 0.717) is 5.92 Å². The fourth-order valence-electron chi connectivity index (χ4n) is 3.23. The number of benzene rings is 1. The first-order chi connectivity index (χ1) is 9.90. The SMILES string of the molecule is CC(N)C1CCCN(C(=O)C(C)(C)Cc2ccccc2)C1.Cl. The molecule has 1 aliphatic rings. The van der Waals surface area contributed by atoms with E-state index in [2.05, 4.69) is 26.0 Å². The molecule has 1 fully saturated rings. The first-order valence-electron chi connectivity index (χ1n) is 7.99. The number of piperidine rings is 1. The molecule has 2 unspecified atom stereocenters. The smallest absolute Gasteiger partial charge is 0.228 e. The highest BCUT2D eigenvalue weighted by atomic mass is 35.5. The van der Waals surface area contributed by atoms with Crippen molar-refractivity contribution in [3.05, 3.63) is 35.9 Å². The van der Waals surface area contributed by atoms with Gasteiger partial charge in [-0.25, -0.2) is 0 Å². The van der Waals surface area contributed by atoms with E-state index in [0.717, 1.165) is 32.4 Å². The summed E-state index contributed by atoms with van der Waals surface area (Å²) in [5, 5.41) is 0. The fourth-order valence-corrected chi connectivity index (χ4v) is 3.23. The lowest BCUT2D eigenvalue weighted by atomic mass is 9.82. The lowest BCUT2D eigenvalue weighted by Crippen LogP contribution is -2.49. The molecule has 0 radical (unpaired) electrons. The van der Waals surface area contributed by atoms with Crippen molar-refractivity contribution in [3.63, 3.8) is 0 Å². The Balaban J connectivity index is 0.00000242. The van der Waals surface area contributed by atoms with Crippen LogP contribution in [0.2, 0.25) is 0 Å². The van der Waals surface area contributed by atoms with Crippen LogP contribution in [0.25, 0.3) is 0 Å². The van der Waals surface area contributed by atoms with Gasteiger partial charge in [0.1, 0.15) is 0 Å². The van der Waals surface area contributed by atoms with Gasteiger partial charge in [-0.1, -0.05) is 44.2 Å². The highest BCUT2D eigenvalue weighted by molar-refractivity contribution is 5.85. The fraction of sp³-hybridized carbons (Fsp3) is 0.611. The van der Waals surface area contributed by atoms with Gasteiger partial charge in [0.15, 0.2) is 0 Å². The molecule has 0 saturated carbocycles. The van der Waals surface area contributed by atoms with Gasteiger partial charge in [0.05, 0.1) is 0 Å². The molecule has 4 heteroatoms. The second-order valence-corrected chi connectivity index (χ2v) is 7.06. The summed E-state index contributed by atoms with van der Waals surface area (Å²) in [4.78, 5) is 14.9. The average Bonchev–Trinajstić information content (AvgIpc) is 2.47. The Morgan fingerprint density at radius 2 is 2.00 bits per heavy atom. The third-order valence-corrected chi connectivity index (χ3v) is 4.56. The summed E-state index contributed by atoms with van der Waals surface area (Å²) in [6.07, 6.45) is 2.99. The topological polar surface area (TPSA) is 46.3 Å². The third kappa shape index (κ3) is 4.72. The summed E-state index contributed by atoms with van der Waals surface area (Å²) in [6.45, 7) is 7.85. The molecule has 2 rings (SSSR count). The number of likely N-dealkylation sites (tertiary alicyclic amines) is 1. The maximum atomic E-state index is 12.9. The predicted octanol–water partition coefficient (Wildman–Crippen LogP) is 3.26. The highest BCUT2D eigenvalue weighted by Crippen LogP contribution is 2.28. The van der Waals surface area contributed by atoms with Gasteiger partial charge in [-0.15, -0.1) is 12.4 Å². The minimum Gasteiger partial charge on any atom is -0.342 e. The van der Waals surface area contributed by atoms with Crippen molar-refractivity contribution in [2.24, 2.45) is 17.1 Å². The molecule has 22 heavy (non-hydrogen) atoms. The van der Waals surface area contributed by atoms with Crippen LogP contribution in [0.4, 0.5) is 0 Å². The Kier molecular flexibility index (Phi) is 6.89. The standard InChI is InChI=1S/C18H28N2O.ClH/c1-14(19)16-10-7-11-20(13-16)17(21)18(2,3)12-15-8-5-4-6-9-15;/h4-6,8-9,14,16H,7,10-13,19H2,1-3H3;1H. The molecule has 3 nitrogen and oxygen atoms in total. The monoisotopic (exact) mass is 324 g/mol. The largest absolute Gasteiger partial charge is 0.342 e. The van der Waals surface area contributed by atoms with Crippen LogP contribution in [-0.2, 0) is 11.2 Å². The van der Waals surface area contributed by atoms with E-state index in [-0.39, 0.29) is 29.8 Å². The number of halogens is 1. The molecule has 1 aromatic rings. The minimum absolute atomic E-state index is 0. The van der Waals surface area contributed by atoms with Gasteiger partial charge >= 0.3 is 0 Å². The second kappa shape index (κ2) is 7.98. The zero-order valence-electron chi connectivity index (χ0n) is 13.9. The zero-order chi connectivity index (χ0) is 15.5. The van der Waals surface area contributed by atoms with Crippen molar-refractivity contribution >= 4 is 18.3 Å². The van der Waals surface area contributed by atoms with Crippen LogP contribution < -0.4 is 5.73 Å². The van der Waals surface area contributed by atoms with Gasteiger partial charge in [-0.05, 0) is 37.7 Å². The molecule has 1 aliphatic heterocycles.